The third-order valence-corrected chi connectivity index (χ3v) is 5.20. The van der Waals surface area contributed by atoms with Crippen LogP contribution in [0.3, 0.4) is 0 Å². The molecule has 8 heteroatoms. The van der Waals surface area contributed by atoms with Crippen LogP contribution in [0.5, 0.6) is 0 Å². The van der Waals surface area contributed by atoms with E-state index < -0.39 is 11.9 Å². The number of carbonyl (C=O) groups is 3. The fraction of sp³-hybridized carbons (Fsp3) is 0.381. The second kappa shape index (κ2) is 10.2. The van der Waals surface area contributed by atoms with Gasteiger partial charge in [-0.25, -0.2) is 9.59 Å². The number of hydrogen-bond donors (Lipinski definition) is 1. The quantitative estimate of drug-likeness (QED) is 0.522. The lowest BCUT2D eigenvalue weighted by Crippen LogP contribution is -2.31. The van der Waals surface area contributed by atoms with E-state index in [1.54, 1.807) is 39.6 Å². The van der Waals surface area contributed by atoms with Gasteiger partial charge in [0.15, 0.2) is 6.61 Å². The summed E-state index contributed by atoms with van der Waals surface area (Å²) in [7, 11) is 1.65. The van der Waals surface area contributed by atoms with Crippen molar-refractivity contribution < 1.29 is 23.9 Å². The Balaban J connectivity index is 1.96. The van der Waals surface area contributed by atoms with Crippen molar-refractivity contribution in [2.24, 2.45) is 0 Å². The number of carbonyl (C=O) groups excluding carboxylic acids is 3. The number of benzene rings is 1. The molecule has 0 saturated carbocycles. The molecule has 29 heavy (non-hydrogen) atoms. The number of aromatic nitrogens is 1. The van der Waals surface area contributed by atoms with E-state index in [9.17, 15) is 14.4 Å². The monoisotopic (exact) mass is 418 g/mol. The van der Waals surface area contributed by atoms with Gasteiger partial charge in [0, 0.05) is 24.2 Å². The van der Waals surface area contributed by atoms with Gasteiger partial charge in [-0.1, -0.05) is 12.1 Å². The van der Waals surface area contributed by atoms with Gasteiger partial charge in [0.25, 0.3) is 5.91 Å². The highest BCUT2D eigenvalue weighted by Gasteiger charge is 2.24. The van der Waals surface area contributed by atoms with E-state index in [0.717, 1.165) is 10.5 Å². The first-order valence-corrected chi connectivity index (χ1v) is 10.4. The van der Waals surface area contributed by atoms with Crippen molar-refractivity contribution >= 4 is 29.6 Å². The highest BCUT2D eigenvalue weighted by molar-refractivity contribution is 7.98. The summed E-state index contributed by atoms with van der Waals surface area (Å²) in [6, 6.07) is 7.92. The van der Waals surface area contributed by atoms with E-state index in [1.165, 1.54) is 4.90 Å². The topological polar surface area (TPSA) is 88.7 Å². The number of nitrogens with one attached hydrogen (secondary N) is 1. The smallest absolute Gasteiger partial charge is 0.355 e. The molecule has 0 aliphatic heterocycles. The molecular weight excluding hydrogens is 392 g/mol. The molecule has 1 amide bonds. The summed E-state index contributed by atoms with van der Waals surface area (Å²) in [4.78, 5) is 42.2. The van der Waals surface area contributed by atoms with Crippen LogP contribution in [0.2, 0.25) is 0 Å². The fourth-order valence-corrected chi connectivity index (χ4v) is 3.27. The fourth-order valence-electron chi connectivity index (χ4n) is 2.87. The van der Waals surface area contributed by atoms with Crippen LogP contribution in [0.15, 0.2) is 29.2 Å². The lowest BCUT2D eigenvalue weighted by molar-refractivity contribution is -0.133. The average molecular weight is 419 g/mol. The van der Waals surface area contributed by atoms with Crippen molar-refractivity contribution in [3.63, 3.8) is 0 Å². The molecule has 7 nitrogen and oxygen atoms in total. The largest absolute Gasteiger partial charge is 0.462 e. The van der Waals surface area contributed by atoms with Crippen molar-refractivity contribution in [3.8, 4) is 0 Å². The molecule has 0 aliphatic rings. The van der Waals surface area contributed by atoms with Crippen molar-refractivity contribution in [2.75, 3.05) is 26.5 Å². The Morgan fingerprint density at radius 3 is 2.31 bits per heavy atom. The summed E-state index contributed by atoms with van der Waals surface area (Å²) in [5.41, 5.74) is 2.41. The van der Waals surface area contributed by atoms with Crippen molar-refractivity contribution in [1.29, 1.82) is 0 Å². The predicted molar refractivity (Wildman–Crippen MR) is 111 cm³/mol. The number of amides is 1. The molecule has 1 N–H and O–H groups in total. The number of esters is 2. The van der Waals surface area contributed by atoms with Crippen molar-refractivity contribution in [3.05, 3.63) is 52.3 Å². The molecule has 2 aromatic rings. The third kappa shape index (κ3) is 5.63. The molecule has 1 aromatic heterocycles. The van der Waals surface area contributed by atoms with Crippen molar-refractivity contribution in [1.82, 2.24) is 9.88 Å². The Hall–Kier alpha value is -2.74. The van der Waals surface area contributed by atoms with E-state index >= 15 is 0 Å². The first-order chi connectivity index (χ1) is 13.8. The molecule has 0 aliphatic carbocycles. The molecule has 1 heterocycles. The molecule has 1 aromatic carbocycles. The average Bonchev–Trinajstić information content (AvgIpc) is 3.00. The number of thioether (sulfide) groups is 1. The highest BCUT2D eigenvalue weighted by atomic mass is 32.2. The maximum atomic E-state index is 12.4. The number of ether oxygens (including phenoxy) is 2. The molecule has 0 saturated heterocycles. The van der Waals surface area contributed by atoms with Gasteiger partial charge in [0.1, 0.15) is 5.69 Å². The molecule has 0 bridgehead atoms. The summed E-state index contributed by atoms with van der Waals surface area (Å²) >= 11 is 1.65. The molecule has 0 radical (unpaired) electrons. The van der Waals surface area contributed by atoms with Gasteiger partial charge in [-0.2, -0.15) is 0 Å². The van der Waals surface area contributed by atoms with E-state index in [0.29, 0.717) is 23.4 Å². The lowest BCUT2D eigenvalue weighted by Gasteiger charge is -2.17. The van der Waals surface area contributed by atoms with Crippen LogP contribution in [0, 0.1) is 13.8 Å². The Kier molecular flexibility index (Phi) is 7.90. The molecular formula is C21H26N2O5S. The summed E-state index contributed by atoms with van der Waals surface area (Å²) in [6.45, 7) is 5.30. The van der Waals surface area contributed by atoms with Crippen LogP contribution in [-0.2, 0) is 20.8 Å². The van der Waals surface area contributed by atoms with Gasteiger partial charge in [-0.15, -0.1) is 11.8 Å². The first kappa shape index (κ1) is 22.5. The SMILES string of the molecule is CCOC(=O)c1c(C)[nH]c(C(=O)OCC(=O)N(C)Cc2ccc(SC)cc2)c1C. The number of hydrogen-bond acceptors (Lipinski definition) is 6. The van der Waals surface area contributed by atoms with E-state index in [2.05, 4.69) is 4.98 Å². The van der Waals surface area contributed by atoms with Crippen LogP contribution in [0.1, 0.15) is 44.6 Å². The molecule has 0 fully saturated rings. The molecule has 156 valence electrons. The zero-order valence-electron chi connectivity index (χ0n) is 17.3. The van der Waals surface area contributed by atoms with Gasteiger partial charge in [0.05, 0.1) is 12.2 Å². The Labute approximate surface area is 174 Å². The van der Waals surface area contributed by atoms with E-state index in [-0.39, 0.29) is 24.8 Å². The van der Waals surface area contributed by atoms with E-state index in [1.807, 2.05) is 30.5 Å². The van der Waals surface area contributed by atoms with Crippen LogP contribution in [0.4, 0.5) is 0 Å². The lowest BCUT2D eigenvalue weighted by atomic mass is 10.1. The number of H-pyrrole nitrogens is 1. The zero-order valence-corrected chi connectivity index (χ0v) is 18.1. The van der Waals surface area contributed by atoms with Gasteiger partial charge in [0.2, 0.25) is 0 Å². The van der Waals surface area contributed by atoms with E-state index in [4.69, 9.17) is 9.47 Å². The van der Waals surface area contributed by atoms with Crippen LogP contribution in [0.25, 0.3) is 0 Å². The van der Waals surface area contributed by atoms with Gasteiger partial charge < -0.3 is 19.4 Å². The standard InChI is InChI=1S/C21H26N2O5S/c1-6-27-20(25)18-13(2)19(22-14(18)3)21(26)28-12-17(24)23(4)11-15-7-9-16(29-5)10-8-15/h7-10,22H,6,11-12H2,1-5H3. The summed E-state index contributed by atoms with van der Waals surface area (Å²) in [5, 5.41) is 0. The van der Waals surface area contributed by atoms with Gasteiger partial charge >= 0.3 is 11.9 Å². The maximum Gasteiger partial charge on any atom is 0.355 e. The maximum absolute atomic E-state index is 12.4. The molecule has 0 unspecified atom stereocenters. The Morgan fingerprint density at radius 2 is 1.72 bits per heavy atom. The second-order valence-electron chi connectivity index (χ2n) is 6.52. The number of rotatable bonds is 8. The van der Waals surface area contributed by atoms with Crippen molar-refractivity contribution in [2.45, 2.75) is 32.2 Å². The Morgan fingerprint density at radius 1 is 1.07 bits per heavy atom. The third-order valence-electron chi connectivity index (χ3n) is 4.45. The highest BCUT2D eigenvalue weighted by Crippen LogP contribution is 2.20. The zero-order chi connectivity index (χ0) is 21.6. The van der Waals surface area contributed by atoms with Crippen LogP contribution in [-0.4, -0.2) is 54.2 Å². The normalized spacial score (nSPS) is 10.5. The Bertz CT molecular complexity index is 889. The molecule has 0 atom stereocenters. The van der Waals surface area contributed by atoms with Crippen LogP contribution < -0.4 is 0 Å². The minimum Gasteiger partial charge on any atom is -0.462 e. The number of aromatic amines is 1. The minimum atomic E-state index is -0.688. The summed E-state index contributed by atoms with van der Waals surface area (Å²) < 4.78 is 10.2. The summed E-state index contributed by atoms with van der Waals surface area (Å²) in [5.74, 6) is -1.51. The minimum absolute atomic E-state index is 0.147. The number of likely N-dealkylation sites (N-methyl/N-ethyl adjacent to an activating group) is 1. The predicted octanol–water partition coefficient (Wildman–Crippen LogP) is 3.35. The number of nitrogens with zero attached hydrogens (tertiary/aromatic N) is 1. The molecule has 2 rings (SSSR count). The van der Waals surface area contributed by atoms with Crippen LogP contribution >= 0.6 is 11.8 Å². The molecule has 0 spiro atoms. The summed E-state index contributed by atoms with van der Waals surface area (Å²) in [6.07, 6.45) is 2.00. The van der Waals surface area contributed by atoms with Gasteiger partial charge in [-0.3, -0.25) is 4.79 Å². The number of aryl methyl sites for hydroxylation is 1. The second-order valence-corrected chi connectivity index (χ2v) is 7.40. The van der Waals surface area contributed by atoms with Gasteiger partial charge in [-0.05, 0) is 50.3 Å². The first-order valence-electron chi connectivity index (χ1n) is 9.18.